The summed E-state index contributed by atoms with van der Waals surface area (Å²) in [6.07, 6.45) is 1.53. The highest BCUT2D eigenvalue weighted by Gasteiger charge is 2.28. The number of fused-ring (bicyclic) bond motifs is 1. The second kappa shape index (κ2) is 10.9. The summed E-state index contributed by atoms with van der Waals surface area (Å²) in [4.78, 5) is 16.1. The average Bonchev–Trinajstić information content (AvgIpc) is 3.25. The van der Waals surface area contributed by atoms with Crippen LogP contribution >= 0.6 is 24.0 Å². The number of nitrogens with zero attached hydrogens (tertiary/aromatic N) is 1. The molecule has 9 nitrogen and oxygen atoms in total. The number of halogens is 1. The zero-order valence-corrected chi connectivity index (χ0v) is 19.4. The monoisotopic (exact) mass is 538 g/mol. The Kier molecular flexibility index (Phi) is 8.80. The van der Waals surface area contributed by atoms with E-state index in [1.54, 1.807) is 7.05 Å². The predicted molar refractivity (Wildman–Crippen MR) is 121 cm³/mol. The van der Waals surface area contributed by atoms with Crippen molar-refractivity contribution in [3.8, 4) is 11.5 Å². The van der Waals surface area contributed by atoms with E-state index in [0.717, 1.165) is 23.5 Å². The van der Waals surface area contributed by atoms with Gasteiger partial charge in [-0.05, 0) is 30.5 Å². The molecule has 0 spiro atoms. The molecule has 1 atom stereocenters. The van der Waals surface area contributed by atoms with Gasteiger partial charge in [-0.1, -0.05) is 6.07 Å². The number of nitrogens with one attached hydrogen (secondary N) is 3. The molecule has 1 aromatic rings. The summed E-state index contributed by atoms with van der Waals surface area (Å²) in [5.74, 6) is 2.16. The fourth-order valence-corrected chi connectivity index (χ4v) is 4.82. The van der Waals surface area contributed by atoms with Gasteiger partial charge < -0.3 is 25.4 Å². The highest BCUT2D eigenvalue weighted by atomic mass is 127. The quantitative estimate of drug-likeness (QED) is 0.262. The van der Waals surface area contributed by atoms with E-state index in [-0.39, 0.29) is 60.6 Å². The molecule has 0 aliphatic carbocycles. The first-order valence-corrected chi connectivity index (χ1v) is 11.1. The third kappa shape index (κ3) is 7.21. The summed E-state index contributed by atoms with van der Waals surface area (Å²) in [5.41, 5.74) is 1.12. The van der Waals surface area contributed by atoms with Crippen molar-refractivity contribution < 1.29 is 22.7 Å². The van der Waals surface area contributed by atoms with E-state index in [1.165, 1.54) is 0 Å². The second-order valence-corrected chi connectivity index (χ2v) is 9.01. The molecule has 29 heavy (non-hydrogen) atoms. The van der Waals surface area contributed by atoms with E-state index >= 15 is 0 Å². The molecule has 2 aliphatic heterocycles. The van der Waals surface area contributed by atoms with Crippen molar-refractivity contribution in [3.05, 3.63) is 23.8 Å². The number of amides is 1. The van der Waals surface area contributed by atoms with Gasteiger partial charge in [0.25, 0.3) is 0 Å². The molecule has 3 N–H and O–H groups in total. The number of aliphatic imine (C=N–C) groups is 1. The van der Waals surface area contributed by atoms with Crippen molar-refractivity contribution >= 4 is 45.7 Å². The standard InChI is InChI=1S/C18H26N4O5S.HI/c1-19-18(20-7-4-13-2-3-15-16(10-13)27-12-26-15)21-8-5-17(23)22-14-6-9-28(24,25)11-14;/h2-3,10,14H,4-9,11-12H2,1H3,(H,22,23)(H2,19,20,21);1H. The fourth-order valence-electron chi connectivity index (χ4n) is 3.15. The van der Waals surface area contributed by atoms with E-state index in [4.69, 9.17) is 9.47 Å². The van der Waals surface area contributed by atoms with Crippen LogP contribution in [0.2, 0.25) is 0 Å². The van der Waals surface area contributed by atoms with Gasteiger partial charge in [-0.2, -0.15) is 0 Å². The third-order valence-corrected chi connectivity index (χ3v) is 6.38. The SMILES string of the molecule is CN=C(NCCC(=O)NC1CCS(=O)(=O)C1)NCCc1ccc2c(c1)OCO2.I. The van der Waals surface area contributed by atoms with Crippen LogP contribution in [0, 0.1) is 0 Å². The van der Waals surface area contributed by atoms with Gasteiger partial charge in [-0.25, -0.2) is 8.42 Å². The Bertz CT molecular complexity index is 847. The zero-order chi connectivity index (χ0) is 20.0. The van der Waals surface area contributed by atoms with E-state index in [1.807, 2.05) is 18.2 Å². The Labute approximate surface area is 188 Å². The molecular formula is C18H27IN4O5S. The van der Waals surface area contributed by atoms with Crippen LogP contribution in [0.15, 0.2) is 23.2 Å². The molecule has 3 rings (SSSR count). The summed E-state index contributed by atoms with van der Waals surface area (Å²) in [7, 11) is -1.32. The lowest BCUT2D eigenvalue weighted by Gasteiger charge is -2.13. The number of rotatable bonds is 7. The lowest BCUT2D eigenvalue weighted by molar-refractivity contribution is -0.121. The molecule has 162 valence electrons. The van der Waals surface area contributed by atoms with Gasteiger partial charge in [-0.15, -0.1) is 24.0 Å². The molecule has 0 bridgehead atoms. The Hall–Kier alpha value is -1.76. The maximum absolute atomic E-state index is 11.9. The van der Waals surface area contributed by atoms with Gasteiger partial charge in [0.15, 0.2) is 27.3 Å². The molecule has 0 saturated carbocycles. The van der Waals surface area contributed by atoms with Crippen LogP contribution in [0.3, 0.4) is 0 Å². The number of carbonyl (C=O) groups is 1. The maximum atomic E-state index is 11.9. The number of carbonyl (C=O) groups excluding carboxylic acids is 1. The minimum absolute atomic E-state index is 0. The Morgan fingerprint density at radius 2 is 1.97 bits per heavy atom. The first-order chi connectivity index (χ1) is 13.4. The molecule has 2 heterocycles. The van der Waals surface area contributed by atoms with Crippen molar-refractivity contribution in [1.29, 1.82) is 0 Å². The van der Waals surface area contributed by atoms with Gasteiger partial charge in [0.2, 0.25) is 12.7 Å². The first kappa shape index (κ1) is 23.5. The lowest BCUT2D eigenvalue weighted by atomic mass is 10.1. The van der Waals surface area contributed by atoms with Crippen LogP contribution in [0.25, 0.3) is 0 Å². The smallest absolute Gasteiger partial charge is 0.231 e. The van der Waals surface area contributed by atoms with E-state index in [9.17, 15) is 13.2 Å². The van der Waals surface area contributed by atoms with Crippen LogP contribution in [-0.2, 0) is 21.1 Å². The number of guanidine groups is 1. The van der Waals surface area contributed by atoms with Crippen LogP contribution in [0.4, 0.5) is 0 Å². The number of ether oxygens (including phenoxy) is 2. The molecular weight excluding hydrogens is 511 g/mol. The molecule has 2 aliphatic rings. The molecule has 1 aromatic carbocycles. The normalized spacial score (nSPS) is 19.3. The Morgan fingerprint density at radius 1 is 1.21 bits per heavy atom. The number of hydrogen-bond acceptors (Lipinski definition) is 6. The van der Waals surface area contributed by atoms with E-state index < -0.39 is 9.84 Å². The van der Waals surface area contributed by atoms with Crippen molar-refractivity contribution in [2.75, 3.05) is 38.4 Å². The van der Waals surface area contributed by atoms with Gasteiger partial charge in [0.1, 0.15) is 0 Å². The molecule has 11 heteroatoms. The van der Waals surface area contributed by atoms with E-state index in [2.05, 4.69) is 20.9 Å². The molecule has 1 amide bonds. The molecule has 0 aromatic heterocycles. The van der Waals surface area contributed by atoms with Gasteiger partial charge in [0, 0.05) is 32.6 Å². The summed E-state index contributed by atoms with van der Waals surface area (Å²) in [6, 6.07) is 5.60. The Balaban J connectivity index is 0.00000300. The maximum Gasteiger partial charge on any atom is 0.231 e. The van der Waals surface area contributed by atoms with Gasteiger partial charge in [0.05, 0.1) is 11.5 Å². The van der Waals surface area contributed by atoms with Crippen LogP contribution in [0.1, 0.15) is 18.4 Å². The van der Waals surface area contributed by atoms with Crippen molar-refractivity contribution in [2.24, 2.45) is 4.99 Å². The number of hydrogen-bond donors (Lipinski definition) is 3. The average molecular weight is 538 g/mol. The van der Waals surface area contributed by atoms with Crippen molar-refractivity contribution in [3.63, 3.8) is 0 Å². The summed E-state index contributed by atoms with van der Waals surface area (Å²) >= 11 is 0. The van der Waals surface area contributed by atoms with Crippen molar-refractivity contribution in [1.82, 2.24) is 16.0 Å². The number of sulfone groups is 1. The highest BCUT2D eigenvalue weighted by Crippen LogP contribution is 2.32. The lowest BCUT2D eigenvalue weighted by Crippen LogP contribution is -2.41. The highest BCUT2D eigenvalue weighted by molar-refractivity contribution is 14.0. The predicted octanol–water partition coefficient (Wildman–Crippen LogP) is 0.434. The van der Waals surface area contributed by atoms with Crippen LogP contribution in [-0.4, -0.2) is 64.8 Å². The molecule has 1 fully saturated rings. The fraction of sp³-hybridized carbons (Fsp3) is 0.556. The van der Waals surface area contributed by atoms with Crippen LogP contribution in [0.5, 0.6) is 11.5 Å². The van der Waals surface area contributed by atoms with Gasteiger partial charge >= 0.3 is 0 Å². The van der Waals surface area contributed by atoms with Gasteiger partial charge in [-0.3, -0.25) is 9.79 Å². The van der Waals surface area contributed by atoms with Crippen LogP contribution < -0.4 is 25.4 Å². The topological polar surface area (TPSA) is 118 Å². The zero-order valence-electron chi connectivity index (χ0n) is 16.3. The number of benzene rings is 1. The molecule has 0 radical (unpaired) electrons. The third-order valence-electron chi connectivity index (χ3n) is 4.61. The Morgan fingerprint density at radius 3 is 2.69 bits per heavy atom. The summed E-state index contributed by atoms with van der Waals surface area (Å²) in [6.45, 7) is 1.35. The molecule has 1 unspecified atom stereocenters. The summed E-state index contributed by atoms with van der Waals surface area (Å²) < 4.78 is 33.5. The largest absolute Gasteiger partial charge is 0.454 e. The van der Waals surface area contributed by atoms with Crippen molar-refractivity contribution in [2.45, 2.75) is 25.3 Å². The second-order valence-electron chi connectivity index (χ2n) is 6.78. The first-order valence-electron chi connectivity index (χ1n) is 9.28. The summed E-state index contributed by atoms with van der Waals surface area (Å²) in [5, 5.41) is 9.05. The minimum atomic E-state index is -2.99. The molecule has 1 saturated heterocycles. The minimum Gasteiger partial charge on any atom is -0.454 e. The van der Waals surface area contributed by atoms with E-state index in [0.29, 0.717) is 25.5 Å².